The van der Waals surface area contributed by atoms with Gasteiger partial charge in [-0.1, -0.05) is 0 Å². The Kier molecular flexibility index (Phi) is 3.75. The van der Waals surface area contributed by atoms with E-state index in [9.17, 15) is 9.90 Å². The molecule has 5 heteroatoms. The molecule has 1 aromatic heterocycles. The number of benzene rings is 1. The largest absolute Gasteiger partial charge is 0.497 e. The lowest BCUT2D eigenvalue weighted by Crippen LogP contribution is -2.29. The van der Waals surface area contributed by atoms with Crippen LogP contribution < -0.4 is 10.1 Å². The van der Waals surface area contributed by atoms with Crippen molar-refractivity contribution in [3.8, 4) is 5.75 Å². The van der Waals surface area contributed by atoms with Gasteiger partial charge >= 0.3 is 5.97 Å². The summed E-state index contributed by atoms with van der Waals surface area (Å²) in [6.07, 6.45) is 2.12. The van der Waals surface area contributed by atoms with Crippen molar-refractivity contribution in [1.82, 2.24) is 10.3 Å². The molecule has 5 nitrogen and oxygen atoms in total. The highest BCUT2D eigenvalue weighted by Gasteiger charge is 2.20. The molecule has 0 amide bonds. The number of rotatable bonds is 3. The van der Waals surface area contributed by atoms with E-state index in [1.807, 2.05) is 0 Å². The molecule has 0 spiro atoms. The summed E-state index contributed by atoms with van der Waals surface area (Å²) in [6.45, 7) is 1.87. The molecule has 1 unspecified atom stereocenters. The molecule has 110 valence electrons. The van der Waals surface area contributed by atoms with Crippen LogP contribution in [0.15, 0.2) is 24.3 Å². The van der Waals surface area contributed by atoms with E-state index in [-0.39, 0.29) is 5.92 Å². The summed E-state index contributed by atoms with van der Waals surface area (Å²) >= 11 is 0. The zero-order chi connectivity index (χ0) is 14.8. The Labute approximate surface area is 123 Å². The summed E-state index contributed by atoms with van der Waals surface area (Å²) in [6, 6.07) is 7.03. The number of methoxy groups -OCH3 is 1. The van der Waals surface area contributed by atoms with E-state index in [4.69, 9.17) is 4.74 Å². The van der Waals surface area contributed by atoms with Gasteiger partial charge in [-0.25, -0.2) is 4.79 Å². The quantitative estimate of drug-likeness (QED) is 0.906. The number of carboxylic acids is 1. The fourth-order valence-electron chi connectivity index (χ4n) is 2.85. The Morgan fingerprint density at radius 3 is 2.95 bits per heavy atom. The number of carboxylic acid groups (broad SMARTS) is 1. The minimum atomic E-state index is -0.919. The van der Waals surface area contributed by atoms with E-state index in [2.05, 4.69) is 10.3 Å². The molecular weight excluding hydrogens is 268 g/mol. The maximum absolute atomic E-state index is 11.5. The van der Waals surface area contributed by atoms with Gasteiger partial charge in [0, 0.05) is 29.6 Å². The standard InChI is InChI=1S/C16H18N2O3/c1-21-11-4-5-12-13(16(19)20)8-14(18-15(12)7-11)10-3-2-6-17-9-10/h4-5,7-8,10,17H,2-3,6,9H2,1H3,(H,19,20). The molecule has 1 atom stereocenters. The molecule has 2 aromatic rings. The Bertz CT molecular complexity index is 679. The number of piperidine rings is 1. The van der Waals surface area contributed by atoms with Crippen LogP contribution in [-0.4, -0.2) is 36.3 Å². The van der Waals surface area contributed by atoms with Gasteiger partial charge in [0.25, 0.3) is 0 Å². The van der Waals surface area contributed by atoms with Gasteiger partial charge in [-0.2, -0.15) is 0 Å². The van der Waals surface area contributed by atoms with Crippen LogP contribution in [0, 0.1) is 0 Å². The molecule has 1 saturated heterocycles. The molecule has 0 aliphatic carbocycles. The highest BCUT2D eigenvalue weighted by Crippen LogP contribution is 2.28. The fraction of sp³-hybridized carbons (Fsp3) is 0.375. The van der Waals surface area contributed by atoms with E-state index in [1.165, 1.54) is 0 Å². The van der Waals surface area contributed by atoms with Crippen molar-refractivity contribution in [2.24, 2.45) is 0 Å². The molecule has 1 aliphatic heterocycles. The van der Waals surface area contributed by atoms with Gasteiger partial charge < -0.3 is 15.2 Å². The van der Waals surface area contributed by atoms with Crippen molar-refractivity contribution in [2.75, 3.05) is 20.2 Å². The maximum Gasteiger partial charge on any atom is 0.336 e. The second-order valence-corrected chi connectivity index (χ2v) is 5.33. The average Bonchev–Trinajstić information content (AvgIpc) is 2.53. The van der Waals surface area contributed by atoms with Gasteiger partial charge in [-0.3, -0.25) is 4.98 Å². The van der Waals surface area contributed by atoms with Gasteiger partial charge in [0.2, 0.25) is 0 Å². The second kappa shape index (κ2) is 5.69. The molecule has 1 aromatic carbocycles. The predicted octanol–water partition coefficient (Wildman–Crippen LogP) is 2.41. The highest BCUT2D eigenvalue weighted by atomic mass is 16.5. The maximum atomic E-state index is 11.5. The van der Waals surface area contributed by atoms with Gasteiger partial charge in [-0.05, 0) is 37.6 Å². The smallest absolute Gasteiger partial charge is 0.336 e. The molecule has 1 aliphatic rings. The lowest BCUT2D eigenvalue weighted by Gasteiger charge is -2.23. The van der Waals surface area contributed by atoms with E-state index < -0.39 is 5.97 Å². The first kappa shape index (κ1) is 13.8. The van der Waals surface area contributed by atoms with Crippen molar-refractivity contribution >= 4 is 16.9 Å². The van der Waals surface area contributed by atoms with Crippen LogP contribution >= 0.6 is 0 Å². The summed E-state index contributed by atoms with van der Waals surface area (Å²) in [4.78, 5) is 16.2. The number of pyridine rings is 1. The van der Waals surface area contributed by atoms with Gasteiger partial charge in [-0.15, -0.1) is 0 Å². The fourth-order valence-corrected chi connectivity index (χ4v) is 2.85. The van der Waals surface area contributed by atoms with Crippen LogP contribution in [0.2, 0.25) is 0 Å². The minimum absolute atomic E-state index is 0.271. The molecule has 0 radical (unpaired) electrons. The number of hydrogen-bond acceptors (Lipinski definition) is 4. The number of carbonyl (C=O) groups is 1. The summed E-state index contributed by atoms with van der Waals surface area (Å²) < 4.78 is 5.21. The zero-order valence-corrected chi connectivity index (χ0v) is 11.9. The third-order valence-corrected chi connectivity index (χ3v) is 3.98. The van der Waals surface area contributed by atoms with Crippen LogP contribution in [0.4, 0.5) is 0 Å². The lowest BCUT2D eigenvalue weighted by atomic mass is 9.93. The first-order valence-electron chi connectivity index (χ1n) is 7.11. The minimum Gasteiger partial charge on any atom is -0.497 e. The number of fused-ring (bicyclic) bond motifs is 1. The van der Waals surface area contributed by atoms with E-state index >= 15 is 0 Å². The second-order valence-electron chi connectivity index (χ2n) is 5.33. The average molecular weight is 286 g/mol. The SMILES string of the molecule is COc1ccc2c(C(=O)O)cc(C3CCCNC3)nc2c1. The van der Waals surface area contributed by atoms with Crippen molar-refractivity contribution in [3.05, 3.63) is 35.5 Å². The topological polar surface area (TPSA) is 71.5 Å². The molecule has 0 bridgehead atoms. The van der Waals surface area contributed by atoms with E-state index in [1.54, 1.807) is 31.4 Å². The molecule has 0 saturated carbocycles. The first-order valence-corrected chi connectivity index (χ1v) is 7.11. The number of hydrogen-bond donors (Lipinski definition) is 2. The van der Waals surface area contributed by atoms with Crippen molar-refractivity contribution in [2.45, 2.75) is 18.8 Å². The monoisotopic (exact) mass is 286 g/mol. The third-order valence-electron chi connectivity index (χ3n) is 3.98. The predicted molar refractivity (Wildman–Crippen MR) is 80.1 cm³/mol. The van der Waals surface area contributed by atoms with Crippen LogP contribution in [0.5, 0.6) is 5.75 Å². The number of aromatic carboxylic acids is 1. The Morgan fingerprint density at radius 1 is 1.43 bits per heavy atom. The molecule has 1 fully saturated rings. The van der Waals surface area contributed by atoms with Crippen LogP contribution in [-0.2, 0) is 0 Å². The van der Waals surface area contributed by atoms with E-state index in [0.29, 0.717) is 22.2 Å². The molecule has 2 N–H and O–H groups in total. The van der Waals surface area contributed by atoms with Crippen molar-refractivity contribution < 1.29 is 14.6 Å². The van der Waals surface area contributed by atoms with Crippen LogP contribution in [0.25, 0.3) is 10.9 Å². The van der Waals surface area contributed by atoms with Crippen molar-refractivity contribution in [1.29, 1.82) is 0 Å². The first-order chi connectivity index (χ1) is 10.2. The Balaban J connectivity index is 2.14. The van der Waals surface area contributed by atoms with Crippen LogP contribution in [0.3, 0.4) is 0 Å². The summed E-state index contributed by atoms with van der Waals surface area (Å²) in [5.41, 5.74) is 1.83. The molecule has 3 rings (SSSR count). The molecule has 2 heterocycles. The third kappa shape index (κ3) is 2.69. The van der Waals surface area contributed by atoms with Gasteiger partial charge in [0.1, 0.15) is 5.75 Å². The highest BCUT2D eigenvalue weighted by molar-refractivity contribution is 6.02. The Hall–Kier alpha value is -2.14. The summed E-state index contributed by atoms with van der Waals surface area (Å²) in [5, 5.41) is 13.4. The lowest BCUT2D eigenvalue weighted by molar-refractivity contribution is 0.0698. The summed E-state index contributed by atoms with van der Waals surface area (Å²) in [5.74, 6) is 0.0373. The molecular formula is C16H18N2O3. The number of nitrogens with zero attached hydrogens (tertiary/aromatic N) is 1. The number of ether oxygens (including phenoxy) is 1. The van der Waals surface area contributed by atoms with Gasteiger partial charge in [0.15, 0.2) is 0 Å². The number of aromatic nitrogens is 1. The van der Waals surface area contributed by atoms with Gasteiger partial charge in [0.05, 0.1) is 18.2 Å². The van der Waals surface area contributed by atoms with E-state index in [0.717, 1.165) is 31.6 Å². The summed E-state index contributed by atoms with van der Waals surface area (Å²) in [7, 11) is 1.59. The normalized spacial score (nSPS) is 18.6. The zero-order valence-electron chi connectivity index (χ0n) is 11.9. The Morgan fingerprint density at radius 2 is 2.29 bits per heavy atom. The van der Waals surface area contributed by atoms with Crippen molar-refractivity contribution in [3.63, 3.8) is 0 Å². The van der Waals surface area contributed by atoms with Crippen LogP contribution in [0.1, 0.15) is 34.8 Å². The molecule has 21 heavy (non-hydrogen) atoms. The number of nitrogens with one attached hydrogen (secondary N) is 1.